The zero-order valence-electron chi connectivity index (χ0n) is 22.5. The summed E-state index contributed by atoms with van der Waals surface area (Å²) in [5.74, 6) is -0.354. The molecule has 36 heavy (non-hydrogen) atoms. The molecule has 6 heteroatoms. The Morgan fingerprint density at radius 2 is 1.31 bits per heavy atom. The fourth-order valence-corrected chi connectivity index (χ4v) is 6.61. The lowest BCUT2D eigenvalue weighted by Crippen LogP contribution is -2.34. The molecule has 0 heterocycles. The second kappa shape index (κ2) is 7.74. The van der Waals surface area contributed by atoms with Crippen LogP contribution in [0.25, 0.3) is 0 Å². The largest absolute Gasteiger partial charge is 0.493 e. The maximum absolute atomic E-state index is 13.8. The second-order valence-corrected chi connectivity index (χ2v) is 12.7. The van der Waals surface area contributed by atoms with Gasteiger partial charge in [-0.25, -0.2) is 0 Å². The lowest BCUT2D eigenvalue weighted by atomic mass is 9.82. The monoisotopic (exact) mass is 492 g/mol. The number of carbonyl (C=O) groups is 2. The Bertz CT molecular complexity index is 1250. The number of rotatable bonds is 6. The Morgan fingerprint density at radius 3 is 1.86 bits per heavy atom. The molecule has 0 amide bonds. The highest BCUT2D eigenvalue weighted by Gasteiger charge is 2.96. The van der Waals surface area contributed by atoms with Gasteiger partial charge in [0, 0.05) is 23.0 Å². The van der Waals surface area contributed by atoms with Gasteiger partial charge in [-0.3, -0.25) is 9.59 Å². The van der Waals surface area contributed by atoms with Crippen LogP contribution < -0.4 is 9.47 Å². The quantitative estimate of drug-likeness (QED) is 0.506. The molecule has 6 nitrogen and oxygen atoms in total. The number of carbonyl (C=O) groups excluding carboxylic acids is 2. The van der Waals surface area contributed by atoms with Crippen molar-refractivity contribution in [3.63, 3.8) is 0 Å². The number of fused-ring (bicyclic) bond motifs is 7. The minimum Gasteiger partial charge on any atom is -0.493 e. The molecule has 2 aromatic rings. The van der Waals surface area contributed by atoms with Crippen molar-refractivity contribution in [1.82, 2.24) is 0 Å². The Labute approximate surface area is 213 Å². The molecule has 0 bridgehead atoms. The van der Waals surface area contributed by atoms with Gasteiger partial charge < -0.3 is 18.9 Å². The van der Waals surface area contributed by atoms with E-state index >= 15 is 0 Å². The first-order valence-corrected chi connectivity index (χ1v) is 12.5. The van der Waals surface area contributed by atoms with Gasteiger partial charge in [0.25, 0.3) is 0 Å². The highest BCUT2D eigenvalue weighted by Crippen LogP contribution is 2.91. The molecule has 0 aliphatic heterocycles. The molecule has 1 saturated carbocycles. The average molecular weight is 493 g/mol. The molecule has 5 rings (SSSR count). The van der Waals surface area contributed by atoms with Gasteiger partial charge in [-0.05, 0) is 34.1 Å². The third kappa shape index (κ3) is 3.02. The smallest absolute Gasteiger partial charge is 0.318 e. The summed E-state index contributed by atoms with van der Waals surface area (Å²) < 4.78 is 23.7. The van der Waals surface area contributed by atoms with Gasteiger partial charge in [-0.15, -0.1) is 0 Å². The van der Waals surface area contributed by atoms with E-state index in [-0.39, 0.29) is 16.7 Å². The fourth-order valence-electron chi connectivity index (χ4n) is 6.61. The number of esters is 2. The molecular formula is C30H36O6. The lowest BCUT2D eigenvalue weighted by Gasteiger charge is -2.26. The standard InChI is InChI=1S/C30H36O6/c1-27(2,3)15-35-19-13-14-20(36-16-28(4,5)6)23-21(19)22-17-11-9-10-12-18(17)24-29(22,25(31)33-7)30(23,24)26(32)34-8/h9-14,22,24H,15-16H2,1-8H3. The zero-order valence-corrected chi connectivity index (χ0v) is 22.5. The minimum absolute atomic E-state index is 0.0774. The number of ether oxygens (including phenoxy) is 4. The van der Waals surface area contributed by atoms with E-state index in [1.807, 2.05) is 36.4 Å². The molecule has 0 radical (unpaired) electrons. The first-order chi connectivity index (χ1) is 16.9. The summed E-state index contributed by atoms with van der Waals surface area (Å²) in [6, 6.07) is 11.8. The van der Waals surface area contributed by atoms with Crippen LogP contribution in [0.5, 0.6) is 11.5 Å². The Balaban J connectivity index is 1.81. The van der Waals surface area contributed by atoms with Crippen molar-refractivity contribution >= 4 is 11.9 Å². The molecule has 192 valence electrons. The molecule has 0 N–H and O–H groups in total. The summed E-state index contributed by atoms with van der Waals surface area (Å²) in [5.41, 5.74) is 1.03. The second-order valence-electron chi connectivity index (χ2n) is 12.7. The maximum Gasteiger partial charge on any atom is 0.318 e. The molecule has 0 saturated heterocycles. The summed E-state index contributed by atoms with van der Waals surface area (Å²) in [4.78, 5) is 27.6. The third-order valence-electron chi connectivity index (χ3n) is 7.73. The summed E-state index contributed by atoms with van der Waals surface area (Å²) in [5, 5.41) is 0. The fraction of sp³-hybridized carbons (Fsp3) is 0.533. The van der Waals surface area contributed by atoms with Gasteiger partial charge in [0.05, 0.1) is 27.4 Å². The van der Waals surface area contributed by atoms with Crippen LogP contribution in [-0.2, 0) is 24.5 Å². The first kappa shape index (κ1) is 24.7. The number of benzene rings is 2. The Hall–Kier alpha value is -3.02. The van der Waals surface area contributed by atoms with Crippen molar-refractivity contribution in [3.05, 3.63) is 58.7 Å². The molecule has 0 spiro atoms. The van der Waals surface area contributed by atoms with Crippen LogP contribution in [0.15, 0.2) is 36.4 Å². The zero-order chi connectivity index (χ0) is 26.3. The van der Waals surface area contributed by atoms with E-state index in [1.54, 1.807) is 0 Å². The highest BCUT2D eigenvalue weighted by molar-refractivity contribution is 6.09. The van der Waals surface area contributed by atoms with E-state index in [9.17, 15) is 9.59 Å². The Kier molecular flexibility index (Phi) is 5.30. The molecule has 3 aliphatic carbocycles. The first-order valence-electron chi connectivity index (χ1n) is 12.5. The predicted molar refractivity (Wildman–Crippen MR) is 136 cm³/mol. The SMILES string of the molecule is COC(=O)C12c3c(OCC(C)(C)C)ccc(OCC(C)(C)C)c3C3c4ccccc4C1C32C(=O)OC. The minimum atomic E-state index is -1.22. The van der Waals surface area contributed by atoms with Crippen molar-refractivity contribution in [1.29, 1.82) is 0 Å². The van der Waals surface area contributed by atoms with E-state index in [0.29, 0.717) is 30.3 Å². The van der Waals surface area contributed by atoms with Crippen molar-refractivity contribution in [2.45, 2.75) is 58.8 Å². The van der Waals surface area contributed by atoms with Crippen molar-refractivity contribution in [3.8, 4) is 11.5 Å². The highest BCUT2D eigenvalue weighted by atomic mass is 16.5. The number of methoxy groups -OCH3 is 2. The topological polar surface area (TPSA) is 71.1 Å². The molecule has 4 unspecified atom stereocenters. The molecule has 2 aromatic carbocycles. The average Bonchev–Trinajstić information content (AvgIpc) is 3.24. The van der Waals surface area contributed by atoms with Crippen LogP contribution in [0.2, 0.25) is 0 Å². The molecule has 0 aromatic heterocycles. The lowest BCUT2D eigenvalue weighted by molar-refractivity contribution is -0.154. The van der Waals surface area contributed by atoms with Crippen LogP contribution in [0.4, 0.5) is 0 Å². The number of hydrogen-bond acceptors (Lipinski definition) is 6. The van der Waals surface area contributed by atoms with Crippen LogP contribution >= 0.6 is 0 Å². The van der Waals surface area contributed by atoms with Gasteiger partial charge in [-0.2, -0.15) is 0 Å². The van der Waals surface area contributed by atoms with Crippen LogP contribution in [0, 0.1) is 16.2 Å². The summed E-state index contributed by atoms with van der Waals surface area (Å²) in [6.45, 7) is 13.6. The van der Waals surface area contributed by atoms with Crippen LogP contribution in [0.3, 0.4) is 0 Å². The van der Waals surface area contributed by atoms with Crippen molar-refractivity contribution in [2.75, 3.05) is 27.4 Å². The normalized spacial score (nSPS) is 27.0. The maximum atomic E-state index is 13.8. The van der Waals surface area contributed by atoms with Crippen LogP contribution in [-0.4, -0.2) is 39.4 Å². The van der Waals surface area contributed by atoms with Crippen LogP contribution in [0.1, 0.15) is 75.6 Å². The van der Waals surface area contributed by atoms with E-state index in [1.165, 1.54) is 14.2 Å². The van der Waals surface area contributed by atoms with Gasteiger partial charge >= 0.3 is 11.9 Å². The van der Waals surface area contributed by atoms with E-state index in [4.69, 9.17) is 18.9 Å². The molecule has 3 aliphatic rings. The van der Waals surface area contributed by atoms with Gasteiger partial charge in [-0.1, -0.05) is 65.8 Å². The van der Waals surface area contributed by atoms with Gasteiger partial charge in [0.15, 0.2) is 0 Å². The van der Waals surface area contributed by atoms with E-state index < -0.39 is 28.7 Å². The Morgan fingerprint density at radius 1 is 0.778 bits per heavy atom. The molecule has 4 atom stereocenters. The number of hydrogen-bond donors (Lipinski definition) is 0. The van der Waals surface area contributed by atoms with E-state index in [2.05, 4.69) is 41.5 Å². The van der Waals surface area contributed by atoms with Gasteiger partial charge in [0.1, 0.15) is 22.3 Å². The molecule has 1 fully saturated rings. The van der Waals surface area contributed by atoms with Gasteiger partial charge in [0.2, 0.25) is 0 Å². The van der Waals surface area contributed by atoms with Crippen molar-refractivity contribution < 1.29 is 28.5 Å². The molecular weight excluding hydrogens is 456 g/mol. The summed E-state index contributed by atoms with van der Waals surface area (Å²) in [7, 11) is 2.77. The summed E-state index contributed by atoms with van der Waals surface area (Å²) in [6.07, 6.45) is 0. The van der Waals surface area contributed by atoms with E-state index in [0.717, 1.165) is 16.7 Å². The summed E-state index contributed by atoms with van der Waals surface area (Å²) >= 11 is 0. The third-order valence-corrected chi connectivity index (χ3v) is 7.73. The van der Waals surface area contributed by atoms with Crippen molar-refractivity contribution in [2.24, 2.45) is 16.2 Å². The predicted octanol–water partition coefficient (Wildman–Crippen LogP) is 5.36.